The average Bonchev–Trinajstić information content (AvgIpc) is 2.65. The monoisotopic (exact) mass is 439 g/mol. The minimum Gasteiger partial charge on any atom is -0.256 e. The van der Waals surface area contributed by atoms with E-state index < -0.39 is 39.2 Å². The van der Waals surface area contributed by atoms with Gasteiger partial charge in [0.05, 0.1) is 16.6 Å². The molecule has 0 heterocycles. The van der Waals surface area contributed by atoms with Crippen LogP contribution in [0.3, 0.4) is 0 Å². The van der Waals surface area contributed by atoms with Crippen LogP contribution in [0.1, 0.15) is 24.1 Å². The van der Waals surface area contributed by atoms with Gasteiger partial charge in [-0.05, 0) is 73.5 Å². The predicted molar refractivity (Wildman–Crippen MR) is 107 cm³/mol. The molecule has 3 nitrogen and oxygen atoms in total. The lowest BCUT2D eigenvalue weighted by molar-refractivity contribution is 0.569. The summed E-state index contributed by atoms with van der Waals surface area (Å²) in [4.78, 5) is -0.142. The summed E-state index contributed by atoms with van der Waals surface area (Å²) in [6.45, 7) is 3.14. The molecule has 0 aliphatic heterocycles. The Morgan fingerprint density at radius 1 is 0.897 bits per heavy atom. The Kier molecular flexibility index (Phi) is 5.91. The van der Waals surface area contributed by atoms with Crippen molar-refractivity contribution in [3.63, 3.8) is 0 Å². The molecule has 0 aliphatic carbocycles. The first-order valence-corrected chi connectivity index (χ1v) is 10.4. The van der Waals surface area contributed by atoms with E-state index >= 15 is 0 Å². The molecule has 152 valence electrons. The van der Waals surface area contributed by atoms with Crippen LogP contribution >= 0.6 is 11.6 Å². The minimum atomic E-state index is -4.31. The van der Waals surface area contributed by atoms with Crippen molar-refractivity contribution in [1.29, 1.82) is 0 Å². The van der Waals surface area contributed by atoms with Crippen molar-refractivity contribution in [3.05, 3.63) is 94.3 Å². The van der Waals surface area contributed by atoms with Crippen molar-refractivity contribution in [2.24, 2.45) is 0 Å². The van der Waals surface area contributed by atoms with Crippen LogP contribution in [0.4, 0.5) is 18.9 Å². The third-order valence-corrected chi connectivity index (χ3v) is 6.70. The first kappa shape index (κ1) is 21.2. The van der Waals surface area contributed by atoms with Crippen molar-refractivity contribution in [2.75, 3.05) is 4.31 Å². The van der Waals surface area contributed by atoms with Gasteiger partial charge in [-0.1, -0.05) is 17.7 Å². The van der Waals surface area contributed by atoms with Crippen LogP contribution < -0.4 is 4.31 Å². The highest BCUT2D eigenvalue weighted by molar-refractivity contribution is 7.92. The molecule has 8 heteroatoms. The number of anilines is 1. The van der Waals surface area contributed by atoms with Crippen LogP contribution in [-0.4, -0.2) is 8.42 Å². The van der Waals surface area contributed by atoms with E-state index in [1.165, 1.54) is 49.4 Å². The summed E-state index contributed by atoms with van der Waals surface area (Å²) in [6, 6.07) is 10.8. The van der Waals surface area contributed by atoms with E-state index in [4.69, 9.17) is 11.6 Å². The molecule has 0 bridgehead atoms. The van der Waals surface area contributed by atoms with E-state index in [1.54, 1.807) is 6.92 Å². The zero-order chi connectivity index (χ0) is 21.3. The maximum atomic E-state index is 14.6. The number of halogens is 4. The summed E-state index contributed by atoms with van der Waals surface area (Å²) in [6.07, 6.45) is 0. The van der Waals surface area contributed by atoms with Gasteiger partial charge >= 0.3 is 0 Å². The molecule has 0 saturated carbocycles. The number of rotatable bonds is 5. The number of aryl methyl sites for hydroxylation is 1. The van der Waals surface area contributed by atoms with Gasteiger partial charge < -0.3 is 0 Å². The van der Waals surface area contributed by atoms with Gasteiger partial charge in [-0.3, -0.25) is 4.31 Å². The van der Waals surface area contributed by atoms with Gasteiger partial charge in [-0.25, -0.2) is 21.6 Å². The van der Waals surface area contributed by atoms with Gasteiger partial charge in [0, 0.05) is 11.1 Å². The number of nitrogens with zero attached hydrogens (tertiary/aromatic N) is 1. The normalized spacial score (nSPS) is 12.6. The maximum absolute atomic E-state index is 14.6. The molecule has 0 aliphatic rings. The van der Waals surface area contributed by atoms with Gasteiger partial charge in [0.25, 0.3) is 10.0 Å². The van der Waals surface area contributed by atoms with Crippen LogP contribution in [0.5, 0.6) is 0 Å². The number of sulfonamides is 1. The van der Waals surface area contributed by atoms with Crippen LogP contribution in [0.25, 0.3) is 0 Å². The van der Waals surface area contributed by atoms with E-state index in [9.17, 15) is 21.6 Å². The highest BCUT2D eigenvalue weighted by Gasteiger charge is 2.33. The molecule has 29 heavy (non-hydrogen) atoms. The second-order valence-corrected chi connectivity index (χ2v) is 8.78. The molecule has 0 aromatic heterocycles. The van der Waals surface area contributed by atoms with E-state index in [1.807, 2.05) is 0 Å². The summed E-state index contributed by atoms with van der Waals surface area (Å²) >= 11 is 5.84. The Balaban J connectivity index is 2.24. The molecular formula is C21H17ClF3NO2S. The summed E-state index contributed by atoms with van der Waals surface area (Å²) in [5, 5.41) is 0.329. The molecule has 0 radical (unpaired) electrons. The van der Waals surface area contributed by atoms with Crippen molar-refractivity contribution in [3.8, 4) is 0 Å². The van der Waals surface area contributed by atoms with E-state index in [0.29, 0.717) is 16.1 Å². The Bertz CT molecular complexity index is 1150. The predicted octanol–water partition coefficient (Wildman–Crippen LogP) is 6.02. The largest absolute Gasteiger partial charge is 0.264 e. The standard InChI is InChI=1S/C21H17ClF3NO2S/c1-13-11-16(23)5-9-19(13)14(2)26(21-12-17(24)6-10-20(21)25)29(27,28)18-7-3-15(22)4-8-18/h3-12,14H,1-2H3. The Labute approximate surface area is 172 Å². The molecule has 0 fully saturated rings. The van der Waals surface area contributed by atoms with Crippen molar-refractivity contribution < 1.29 is 21.6 Å². The molecule has 0 amide bonds. The van der Waals surface area contributed by atoms with Crippen molar-refractivity contribution >= 4 is 27.3 Å². The smallest absolute Gasteiger partial charge is 0.256 e. The maximum Gasteiger partial charge on any atom is 0.264 e. The molecule has 0 spiro atoms. The van der Waals surface area contributed by atoms with Crippen LogP contribution in [-0.2, 0) is 10.0 Å². The van der Waals surface area contributed by atoms with E-state index in [2.05, 4.69) is 0 Å². The molecule has 3 rings (SSSR count). The second kappa shape index (κ2) is 8.08. The third-order valence-electron chi connectivity index (χ3n) is 4.55. The number of hydrogen-bond donors (Lipinski definition) is 0. The Hall–Kier alpha value is -2.51. The average molecular weight is 440 g/mol. The van der Waals surface area contributed by atoms with Crippen LogP contribution in [0.15, 0.2) is 65.6 Å². The summed E-state index contributed by atoms with van der Waals surface area (Å²) in [7, 11) is -4.31. The molecule has 1 unspecified atom stereocenters. The summed E-state index contributed by atoms with van der Waals surface area (Å²) in [5.41, 5.74) is 0.481. The van der Waals surface area contributed by atoms with E-state index in [-0.39, 0.29) is 4.90 Å². The van der Waals surface area contributed by atoms with E-state index in [0.717, 1.165) is 22.5 Å². The fraction of sp³-hybridized carbons (Fsp3) is 0.143. The molecule has 0 N–H and O–H groups in total. The summed E-state index contributed by atoms with van der Waals surface area (Å²) < 4.78 is 69.7. The minimum absolute atomic E-state index is 0.142. The van der Waals surface area contributed by atoms with Crippen molar-refractivity contribution in [1.82, 2.24) is 0 Å². The summed E-state index contributed by atoms with van der Waals surface area (Å²) in [5.74, 6) is -2.18. The van der Waals surface area contributed by atoms with Gasteiger partial charge in [0.15, 0.2) is 0 Å². The fourth-order valence-corrected chi connectivity index (χ4v) is 4.92. The zero-order valence-electron chi connectivity index (χ0n) is 15.5. The SMILES string of the molecule is Cc1cc(F)ccc1C(C)N(c1cc(F)ccc1F)S(=O)(=O)c1ccc(Cl)cc1. The van der Waals surface area contributed by atoms with Crippen LogP contribution in [0.2, 0.25) is 5.02 Å². The molecule has 1 atom stereocenters. The topological polar surface area (TPSA) is 37.4 Å². The Morgan fingerprint density at radius 2 is 1.48 bits per heavy atom. The molecular weight excluding hydrogens is 423 g/mol. The molecule has 0 saturated heterocycles. The van der Waals surface area contributed by atoms with Gasteiger partial charge in [0.2, 0.25) is 0 Å². The fourth-order valence-electron chi connectivity index (χ4n) is 3.16. The highest BCUT2D eigenvalue weighted by atomic mass is 35.5. The first-order valence-electron chi connectivity index (χ1n) is 8.62. The lowest BCUT2D eigenvalue weighted by atomic mass is 10.0. The van der Waals surface area contributed by atoms with Gasteiger partial charge in [-0.2, -0.15) is 0 Å². The quantitative estimate of drug-likeness (QED) is 0.487. The Morgan fingerprint density at radius 3 is 2.10 bits per heavy atom. The number of benzene rings is 3. The lowest BCUT2D eigenvalue weighted by Crippen LogP contribution is -2.35. The molecule has 3 aromatic rings. The van der Waals surface area contributed by atoms with Gasteiger partial charge in [0.1, 0.15) is 17.5 Å². The number of hydrogen-bond acceptors (Lipinski definition) is 2. The lowest BCUT2D eigenvalue weighted by Gasteiger charge is -2.32. The zero-order valence-corrected chi connectivity index (χ0v) is 17.1. The van der Waals surface area contributed by atoms with Crippen molar-refractivity contribution in [2.45, 2.75) is 24.8 Å². The first-order chi connectivity index (χ1) is 13.6. The highest BCUT2D eigenvalue weighted by Crippen LogP contribution is 2.36. The van der Waals surface area contributed by atoms with Crippen LogP contribution in [0, 0.1) is 24.4 Å². The van der Waals surface area contributed by atoms with Gasteiger partial charge in [-0.15, -0.1) is 0 Å². The third kappa shape index (κ3) is 4.26. The second-order valence-electron chi connectivity index (χ2n) is 6.53. The molecule has 3 aromatic carbocycles.